The van der Waals surface area contributed by atoms with Crippen molar-refractivity contribution in [1.29, 1.82) is 0 Å². The number of carbonyl (C=O) groups is 2. The zero-order valence-electron chi connectivity index (χ0n) is 14.9. The molecule has 2 heterocycles. The van der Waals surface area contributed by atoms with Gasteiger partial charge < -0.3 is 10.2 Å². The van der Waals surface area contributed by atoms with E-state index in [-0.39, 0.29) is 17.7 Å². The van der Waals surface area contributed by atoms with Crippen LogP contribution in [0.3, 0.4) is 0 Å². The summed E-state index contributed by atoms with van der Waals surface area (Å²) in [6, 6.07) is 13.0. The Balaban J connectivity index is 1.60. The second-order valence-corrected chi connectivity index (χ2v) is 7.59. The third-order valence-corrected chi connectivity index (χ3v) is 5.31. The predicted molar refractivity (Wildman–Crippen MR) is 105 cm³/mol. The summed E-state index contributed by atoms with van der Waals surface area (Å²) >= 11 is 1.77. The number of hydrogen-bond acceptors (Lipinski definition) is 4. The second-order valence-electron chi connectivity index (χ2n) is 6.25. The lowest BCUT2D eigenvalue weighted by Gasteiger charge is -2.31. The van der Waals surface area contributed by atoms with Crippen LogP contribution < -0.4 is 5.32 Å². The monoisotopic (exact) mass is 369 g/mol. The van der Waals surface area contributed by atoms with Gasteiger partial charge in [-0.15, -0.1) is 11.8 Å². The molecular formula is C20H23N3O2S. The SMILES string of the molecule is CCSc1ccc(NC(=O)N2CCC[C@@H](C(=O)c3ccccn3)C2)cc1. The summed E-state index contributed by atoms with van der Waals surface area (Å²) in [6.45, 7) is 3.21. The number of thioether (sulfide) groups is 1. The Hall–Kier alpha value is -2.34. The van der Waals surface area contributed by atoms with Crippen LogP contribution in [0.5, 0.6) is 0 Å². The summed E-state index contributed by atoms with van der Waals surface area (Å²) in [4.78, 5) is 32.2. The highest BCUT2D eigenvalue weighted by atomic mass is 32.2. The minimum atomic E-state index is -0.187. The van der Waals surface area contributed by atoms with Crippen LogP contribution in [0.15, 0.2) is 53.6 Å². The Morgan fingerprint density at radius 1 is 1.23 bits per heavy atom. The van der Waals surface area contributed by atoms with E-state index in [1.165, 1.54) is 4.90 Å². The Morgan fingerprint density at radius 3 is 2.73 bits per heavy atom. The molecule has 1 atom stereocenters. The molecule has 3 rings (SSSR count). The van der Waals surface area contributed by atoms with Gasteiger partial charge in [0.2, 0.25) is 0 Å². The Kier molecular flexibility index (Phi) is 6.28. The number of nitrogens with one attached hydrogen (secondary N) is 1. The van der Waals surface area contributed by atoms with Gasteiger partial charge in [-0.05, 0) is 55.0 Å². The Bertz CT molecular complexity index is 749. The Labute approximate surface area is 158 Å². The molecule has 1 fully saturated rings. The molecule has 0 spiro atoms. The maximum absolute atomic E-state index is 12.6. The van der Waals surface area contributed by atoms with Crippen molar-refractivity contribution in [2.45, 2.75) is 24.7 Å². The summed E-state index contributed by atoms with van der Waals surface area (Å²) in [5.74, 6) is 0.849. The van der Waals surface area contributed by atoms with Gasteiger partial charge in [-0.1, -0.05) is 13.0 Å². The van der Waals surface area contributed by atoms with E-state index >= 15 is 0 Å². The number of hydrogen-bond donors (Lipinski definition) is 1. The van der Waals surface area contributed by atoms with Crippen LogP contribution in [0.2, 0.25) is 0 Å². The third kappa shape index (κ3) is 4.64. The molecule has 0 bridgehead atoms. The number of anilines is 1. The van der Waals surface area contributed by atoms with Crippen LogP contribution in [0, 0.1) is 5.92 Å². The summed E-state index contributed by atoms with van der Waals surface area (Å²) in [6.07, 6.45) is 3.24. The standard InChI is InChI=1S/C20H23N3O2S/c1-2-26-17-10-8-16(9-11-17)22-20(25)23-13-5-6-15(14-23)19(24)18-7-3-4-12-21-18/h3-4,7-12,15H,2,5-6,13-14H2,1H3,(H,22,25)/t15-/m1/s1. The Morgan fingerprint density at radius 2 is 2.04 bits per heavy atom. The maximum atomic E-state index is 12.6. The predicted octanol–water partition coefficient (Wildman–Crippen LogP) is 4.32. The molecule has 6 heteroatoms. The third-order valence-electron chi connectivity index (χ3n) is 4.41. The summed E-state index contributed by atoms with van der Waals surface area (Å²) in [5.41, 5.74) is 1.25. The van der Waals surface area contributed by atoms with Gasteiger partial charge in [0.15, 0.2) is 5.78 Å². The molecule has 0 unspecified atom stereocenters. The van der Waals surface area contributed by atoms with E-state index in [1.807, 2.05) is 30.3 Å². The van der Waals surface area contributed by atoms with Crippen LogP contribution in [0.1, 0.15) is 30.3 Å². The second kappa shape index (κ2) is 8.85. The highest BCUT2D eigenvalue weighted by Gasteiger charge is 2.29. The fraction of sp³-hybridized carbons (Fsp3) is 0.350. The lowest BCUT2D eigenvalue weighted by atomic mass is 9.92. The average molecular weight is 369 g/mol. The smallest absolute Gasteiger partial charge is 0.321 e. The van der Waals surface area contributed by atoms with E-state index in [4.69, 9.17) is 0 Å². The van der Waals surface area contributed by atoms with E-state index in [9.17, 15) is 9.59 Å². The molecule has 2 aromatic rings. The highest BCUT2D eigenvalue weighted by molar-refractivity contribution is 7.99. The van der Waals surface area contributed by atoms with Crippen molar-refractivity contribution in [2.24, 2.45) is 5.92 Å². The molecule has 1 aliphatic heterocycles. The van der Waals surface area contributed by atoms with E-state index in [2.05, 4.69) is 17.2 Å². The van der Waals surface area contributed by atoms with Gasteiger partial charge in [0.05, 0.1) is 0 Å². The molecule has 26 heavy (non-hydrogen) atoms. The van der Waals surface area contributed by atoms with Crippen molar-refractivity contribution >= 4 is 29.3 Å². The number of aromatic nitrogens is 1. The molecule has 2 amide bonds. The zero-order valence-corrected chi connectivity index (χ0v) is 15.7. The lowest BCUT2D eigenvalue weighted by Crippen LogP contribution is -2.44. The van der Waals surface area contributed by atoms with Gasteiger partial charge >= 0.3 is 6.03 Å². The van der Waals surface area contributed by atoms with Crippen LogP contribution in [-0.2, 0) is 0 Å². The normalized spacial score (nSPS) is 17.0. The highest BCUT2D eigenvalue weighted by Crippen LogP contribution is 2.22. The molecular weight excluding hydrogens is 346 g/mol. The first kappa shape index (κ1) is 18.5. The first-order valence-electron chi connectivity index (χ1n) is 8.91. The quantitative estimate of drug-likeness (QED) is 0.630. The van der Waals surface area contributed by atoms with Crippen LogP contribution >= 0.6 is 11.8 Å². The van der Waals surface area contributed by atoms with Gasteiger partial charge in [-0.2, -0.15) is 0 Å². The number of ketones is 1. The molecule has 136 valence electrons. The molecule has 1 aromatic heterocycles. The van der Waals surface area contributed by atoms with Crippen molar-refractivity contribution in [2.75, 3.05) is 24.2 Å². The minimum Gasteiger partial charge on any atom is -0.324 e. The number of amides is 2. The maximum Gasteiger partial charge on any atom is 0.321 e. The lowest BCUT2D eigenvalue weighted by molar-refractivity contribution is 0.0846. The minimum absolute atomic E-state index is 0.0176. The number of benzene rings is 1. The van der Waals surface area contributed by atoms with E-state index in [0.717, 1.165) is 24.3 Å². The van der Waals surface area contributed by atoms with Crippen LogP contribution in [0.4, 0.5) is 10.5 Å². The van der Waals surface area contributed by atoms with Crippen LogP contribution in [-0.4, -0.2) is 40.5 Å². The van der Waals surface area contributed by atoms with E-state index < -0.39 is 0 Å². The molecule has 1 saturated heterocycles. The molecule has 0 saturated carbocycles. The largest absolute Gasteiger partial charge is 0.324 e. The van der Waals surface area contributed by atoms with Gasteiger partial charge in [0.25, 0.3) is 0 Å². The number of likely N-dealkylation sites (tertiary alicyclic amines) is 1. The number of Topliss-reactive ketones (excluding diaryl/α,β-unsaturated/α-hetero) is 1. The first-order valence-corrected chi connectivity index (χ1v) is 9.90. The fourth-order valence-electron chi connectivity index (χ4n) is 3.10. The van der Waals surface area contributed by atoms with Gasteiger partial charge in [-0.25, -0.2) is 4.79 Å². The van der Waals surface area contributed by atoms with Gasteiger partial charge in [0, 0.05) is 35.8 Å². The van der Waals surface area contributed by atoms with E-state index in [1.54, 1.807) is 35.0 Å². The fourth-order valence-corrected chi connectivity index (χ4v) is 3.76. The number of piperidine rings is 1. The average Bonchev–Trinajstić information content (AvgIpc) is 2.70. The van der Waals surface area contributed by atoms with Gasteiger partial charge in [0.1, 0.15) is 5.69 Å². The topological polar surface area (TPSA) is 62.3 Å². The van der Waals surface area contributed by atoms with Crippen molar-refractivity contribution < 1.29 is 9.59 Å². The molecule has 0 aliphatic carbocycles. The van der Waals surface area contributed by atoms with Crippen molar-refractivity contribution in [3.05, 3.63) is 54.4 Å². The number of pyridine rings is 1. The summed E-state index contributed by atoms with van der Waals surface area (Å²) in [5, 5.41) is 2.93. The summed E-state index contributed by atoms with van der Waals surface area (Å²) < 4.78 is 0. The van der Waals surface area contributed by atoms with E-state index in [0.29, 0.717) is 18.8 Å². The number of nitrogens with zero attached hydrogens (tertiary/aromatic N) is 2. The number of rotatable bonds is 5. The number of carbonyl (C=O) groups excluding carboxylic acids is 2. The molecule has 1 aromatic carbocycles. The zero-order chi connectivity index (χ0) is 18.4. The molecule has 5 nitrogen and oxygen atoms in total. The van der Waals surface area contributed by atoms with Crippen molar-refractivity contribution in [1.82, 2.24) is 9.88 Å². The molecule has 1 aliphatic rings. The van der Waals surface area contributed by atoms with Crippen LogP contribution in [0.25, 0.3) is 0 Å². The van der Waals surface area contributed by atoms with Crippen molar-refractivity contribution in [3.8, 4) is 0 Å². The summed E-state index contributed by atoms with van der Waals surface area (Å²) in [7, 11) is 0. The van der Waals surface area contributed by atoms with Crippen molar-refractivity contribution in [3.63, 3.8) is 0 Å². The molecule has 1 N–H and O–H groups in total. The molecule has 0 radical (unpaired) electrons. The first-order chi connectivity index (χ1) is 12.7. The number of urea groups is 1. The van der Waals surface area contributed by atoms with Gasteiger partial charge in [-0.3, -0.25) is 9.78 Å².